The summed E-state index contributed by atoms with van der Waals surface area (Å²) in [5.74, 6) is 0.299. The van der Waals surface area contributed by atoms with E-state index in [-0.39, 0.29) is 22.4 Å². The molecule has 7 heteroatoms. The van der Waals surface area contributed by atoms with Crippen LogP contribution in [0.5, 0.6) is 5.75 Å². The summed E-state index contributed by atoms with van der Waals surface area (Å²) in [6, 6.07) is 9.63. The van der Waals surface area contributed by atoms with Crippen LogP contribution in [0.1, 0.15) is 40.0 Å². The number of primary sulfonamides is 1. The summed E-state index contributed by atoms with van der Waals surface area (Å²) in [7, 11) is -2.30. The number of methoxy groups -OCH3 is 1. The van der Waals surface area contributed by atoms with Crippen molar-refractivity contribution in [2.75, 3.05) is 7.11 Å². The van der Waals surface area contributed by atoms with E-state index < -0.39 is 10.0 Å². The van der Waals surface area contributed by atoms with Gasteiger partial charge in [-0.25, -0.2) is 13.6 Å². The van der Waals surface area contributed by atoms with Gasteiger partial charge >= 0.3 is 0 Å². The van der Waals surface area contributed by atoms with Gasteiger partial charge in [0, 0.05) is 11.1 Å². The Balaban J connectivity index is 2.33. The number of hydrogen-bond donors (Lipinski definition) is 2. The third-order valence-electron chi connectivity index (χ3n) is 3.98. The van der Waals surface area contributed by atoms with Gasteiger partial charge in [0.2, 0.25) is 10.0 Å². The van der Waals surface area contributed by atoms with Crippen molar-refractivity contribution in [2.45, 2.75) is 31.7 Å². The monoisotopic (exact) mass is 362 g/mol. The number of amides is 1. The van der Waals surface area contributed by atoms with Crippen LogP contribution in [0, 0.1) is 13.8 Å². The third kappa shape index (κ3) is 4.37. The number of sulfonamides is 1. The lowest BCUT2D eigenvalue weighted by Crippen LogP contribution is -2.28. The van der Waals surface area contributed by atoms with Gasteiger partial charge in [0.25, 0.3) is 5.91 Å². The van der Waals surface area contributed by atoms with Gasteiger partial charge in [-0.1, -0.05) is 23.8 Å². The summed E-state index contributed by atoms with van der Waals surface area (Å²) >= 11 is 0. The number of ether oxygens (including phenoxy) is 1. The molecule has 0 aromatic heterocycles. The number of rotatable bonds is 5. The Kier molecular flexibility index (Phi) is 5.49. The molecule has 3 N–H and O–H groups in total. The van der Waals surface area contributed by atoms with E-state index in [4.69, 9.17) is 9.88 Å². The Bertz CT molecular complexity index is 907. The van der Waals surface area contributed by atoms with Gasteiger partial charge in [0.1, 0.15) is 5.75 Å². The molecule has 0 aliphatic rings. The number of aryl methyl sites for hydroxylation is 2. The molecule has 0 saturated heterocycles. The smallest absolute Gasteiger partial charge is 0.252 e. The number of benzene rings is 2. The zero-order chi connectivity index (χ0) is 18.8. The van der Waals surface area contributed by atoms with Crippen LogP contribution in [0.3, 0.4) is 0 Å². The maximum Gasteiger partial charge on any atom is 0.252 e. The minimum atomic E-state index is -3.87. The Morgan fingerprint density at radius 1 is 1.16 bits per heavy atom. The van der Waals surface area contributed by atoms with Gasteiger partial charge in [-0.3, -0.25) is 4.79 Å². The van der Waals surface area contributed by atoms with E-state index in [0.717, 1.165) is 11.1 Å². The molecule has 2 aromatic rings. The SMILES string of the molecule is COc1ccc(C)cc1[C@@H](C)NC(=O)c1cc(S(N)(=O)=O)ccc1C. The average Bonchev–Trinajstić information content (AvgIpc) is 2.53. The zero-order valence-corrected chi connectivity index (χ0v) is 15.5. The standard InChI is InChI=1S/C18H22N2O4S/c1-11-5-8-17(24-4)16(9-11)13(3)20-18(21)15-10-14(25(19,22)23)7-6-12(15)2/h5-10,13H,1-4H3,(H,20,21)(H2,19,22,23)/t13-/m1/s1. The second-order valence-corrected chi connectivity index (χ2v) is 7.52. The second-order valence-electron chi connectivity index (χ2n) is 5.96. The molecular weight excluding hydrogens is 340 g/mol. The molecule has 0 saturated carbocycles. The fraction of sp³-hybridized carbons (Fsp3) is 0.278. The summed E-state index contributed by atoms with van der Waals surface area (Å²) in [6.07, 6.45) is 0. The van der Waals surface area contributed by atoms with Gasteiger partial charge < -0.3 is 10.1 Å². The van der Waals surface area contributed by atoms with E-state index in [1.165, 1.54) is 12.1 Å². The van der Waals surface area contributed by atoms with E-state index in [1.54, 1.807) is 20.1 Å². The van der Waals surface area contributed by atoms with Gasteiger partial charge in [0.15, 0.2) is 0 Å². The van der Waals surface area contributed by atoms with E-state index in [0.29, 0.717) is 11.3 Å². The van der Waals surface area contributed by atoms with Gasteiger partial charge in [-0.15, -0.1) is 0 Å². The molecule has 0 unspecified atom stereocenters. The van der Waals surface area contributed by atoms with Crippen LogP contribution >= 0.6 is 0 Å². The lowest BCUT2D eigenvalue weighted by molar-refractivity contribution is 0.0938. The molecule has 25 heavy (non-hydrogen) atoms. The Labute approximate surface area is 148 Å². The molecule has 1 atom stereocenters. The van der Waals surface area contributed by atoms with Gasteiger partial charge in [-0.2, -0.15) is 0 Å². The van der Waals surface area contributed by atoms with Crippen molar-refractivity contribution >= 4 is 15.9 Å². The summed E-state index contributed by atoms with van der Waals surface area (Å²) in [5, 5.41) is 8.03. The molecular formula is C18H22N2O4S. The summed E-state index contributed by atoms with van der Waals surface area (Å²) in [5.41, 5.74) is 2.82. The van der Waals surface area contributed by atoms with Crippen molar-refractivity contribution < 1.29 is 17.9 Å². The quantitative estimate of drug-likeness (QED) is 0.853. The highest BCUT2D eigenvalue weighted by Crippen LogP contribution is 2.26. The first kappa shape index (κ1) is 19.0. The Hall–Kier alpha value is -2.38. The van der Waals surface area contributed by atoms with E-state index >= 15 is 0 Å². The predicted octanol–water partition coefficient (Wildman–Crippen LogP) is 2.45. The van der Waals surface area contributed by atoms with Crippen LogP contribution in [0.2, 0.25) is 0 Å². The molecule has 0 bridgehead atoms. The average molecular weight is 362 g/mol. The van der Waals surface area contributed by atoms with Crippen LogP contribution in [0.15, 0.2) is 41.3 Å². The second kappa shape index (κ2) is 7.25. The molecule has 0 aliphatic heterocycles. The van der Waals surface area contributed by atoms with Crippen LogP contribution in [0.4, 0.5) is 0 Å². The van der Waals surface area contributed by atoms with Gasteiger partial charge in [-0.05, 0) is 44.5 Å². The van der Waals surface area contributed by atoms with E-state index in [2.05, 4.69) is 5.32 Å². The highest BCUT2D eigenvalue weighted by molar-refractivity contribution is 7.89. The van der Waals surface area contributed by atoms with E-state index in [9.17, 15) is 13.2 Å². The maximum atomic E-state index is 12.6. The topological polar surface area (TPSA) is 98.5 Å². The minimum absolute atomic E-state index is 0.0935. The molecule has 1 amide bonds. The van der Waals surface area contributed by atoms with Crippen molar-refractivity contribution in [1.29, 1.82) is 0 Å². The predicted molar refractivity (Wildman–Crippen MR) is 96.2 cm³/mol. The first-order valence-corrected chi connectivity index (χ1v) is 9.27. The van der Waals surface area contributed by atoms with Crippen molar-refractivity contribution in [3.8, 4) is 5.75 Å². The Morgan fingerprint density at radius 3 is 2.44 bits per heavy atom. The van der Waals surface area contributed by atoms with Crippen molar-refractivity contribution in [3.63, 3.8) is 0 Å². The molecule has 0 fully saturated rings. The first-order valence-electron chi connectivity index (χ1n) is 7.72. The highest BCUT2D eigenvalue weighted by Gasteiger charge is 2.19. The molecule has 0 spiro atoms. The number of carbonyl (C=O) groups excluding carboxylic acids is 1. The van der Waals surface area contributed by atoms with Crippen LogP contribution < -0.4 is 15.2 Å². The third-order valence-corrected chi connectivity index (χ3v) is 4.89. The maximum absolute atomic E-state index is 12.6. The summed E-state index contributed by atoms with van der Waals surface area (Å²) < 4.78 is 28.4. The summed E-state index contributed by atoms with van der Waals surface area (Å²) in [4.78, 5) is 12.5. The lowest BCUT2D eigenvalue weighted by Gasteiger charge is -2.19. The largest absolute Gasteiger partial charge is 0.496 e. The molecule has 2 rings (SSSR count). The minimum Gasteiger partial charge on any atom is -0.496 e. The number of nitrogens with two attached hydrogens (primary N) is 1. The molecule has 6 nitrogen and oxygen atoms in total. The lowest BCUT2D eigenvalue weighted by atomic mass is 10.0. The number of carbonyl (C=O) groups is 1. The molecule has 2 aromatic carbocycles. The van der Waals surface area contributed by atoms with Crippen LogP contribution in [-0.4, -0.2) is 21.4 Å². The normalized spacial score (nSPS) is 12.5. The van der Waals surface area contributed by atoms with Crippen molar-refractivity contribution in [1.82, 2.24) is 5.32 Å². The fourth-order valence-corrected chi connectivity index (χ4v) is 3.11. The molecule has 0 heterocycles. The van der Waals surface area contributed by atoms with E-state index in [1.807, 2.05) is 32.0 Å². The molecule has 134 valence electrons. The zero-order valence-electron chi connectivity index (χ0n) is 14.7. The Morgan fingerprint density at radius 2 is 1.84 bits per heavy atom. The highest BCUT2D eigenvalue weighted by atomic mass is 32.2. The molecule has 0 aliphatic carbocycles. The number of hydrogen-bond acceptors (Lipinski definition) is 4. The first-order chi connectivity index (χ1) is 11.6. The fourth-order valence-electron chi connectivity index (χ4n) is 2.57. The van der Waals surface area contributed by atoms with Crippen molar-refractivity contribution in [3.05, 3.63) is 58.7 Å². The van der Waals surface area contributed by atoms with Gasteiger partial charge in [0.05, 0.1) is 18.0 Å². The molecule has 0 radical (unpaired) electrons. The van der Waals surface area contributed by atoms with Crippen LogP contribution in [0.25, 0.3) is 0 Å². The number of nitrogens with one attached hydrogen (secondary N) is 1. The summed E-state index contributed by atoms with van der Waals surface area (Å²) in [6.45, 7) is 5.53. The van der Waals surface area contributed by atoms with Crippen molar-refractivity contribution in [2.24, 2.45) is 5.14 Å². The van der Waals surface area contributed by atoms with Crippen LogP contribution in [-0.2, 0) is 10.0 Å².